The van der Waals surface area contributed by atoms with E-state index in [1.165, 1.54) is 6.08 Å². The molecule has 1 amide bonds. The van der Waals surface area contributed by atoms with Gasteiger partial charge in [0.15, 0.2) is 11.5 Å². The van der Waals surface area contributed by atoms with Crippen molar-refractivity contribution < 1.29 is 14.3 Å². The van der Waals surface area contributed by atoms with Crippen LogP contribution in [0.3, 0.4) is 0 Å². The average Bonchev–Trinajstić information content (AvgIpc) is 3.19. The fraction of sp³-hybridized carbons (Fsp3) is 0.304. The number of carbonyl (C=O) groups excluding carboxylic acids is 1. The molecule has 158 valence electrons. The van der Waals surface area contributed by atoms with E-state index in [-0.39, 0.29) is 11.9 Å². The Hall–Kier alpha value is -2.57. The monoisotopic (exact) mass is 444 g/mol. The summed E-state index contributed by atoms with van der Waals surface area (Å²) in [5, 5.41) is 1.36. The van der Waals surface area contributed by atoms with Gasteiger partial charge in [0.1, 0.15) is 5.01 Å². The molecule has 1 atom stereocenters. The third-order valence-corrected chi connectivity index (χ3v) is 6.20. The van der Waals surface area contributed by atoms with Gasteiger partial charge in [0.2, 0.25) is 5.91 Å². The van der Waals surface area contributed by atoms with E-state index in [0.717, 1.165) is 27.2 Å². The highest BCUT2D eigenvalue weighted by atomic mass is 35.5. The topological polar surface area (TPSA) is 51.7 Å². The van der Waals surface area contributed by atoms with Crippen molar-refractivity contribution in [1.82, 2.24) is 9.88 Å². The molecule has 3 rings (SSSR count). The van der Waals surface area contributed by atoms with Gasteiger partial charge in [-0.25, -0.2) is 4.98 Å². The van der Waals surface area contributed by atoms with Crippen LogP contribution in [0.15, 0.2) is 42.5 Å². The Balaban J connectivity index is 1.74. The molecule has 0 aliphatic rings. The maximum atomic E-state index is 12.7. The fourth-order valence-electron chi connectivity index (χ4n) is 2.89. The van der Waals surface area contributed by atoms with Crippen molar-refractivity contribution in [2.45, 2.75) is 26.3 Å². The van der Waals surface area contributed by atoms with Crippen molar-refractivity contribution in [3.8, 4) is 11.5 Å². The highest BCUT2D eigenvalue weighted by Gasteiger charge is 2.19. The first kappa shape index (κ1) is 22.1. The van der Waals surface area contributed by atoms with Crippen molar-refractivity contribution in [2.24, 2.45) is 0 Å². The SMILES string of the molecule is CCCOc1c(Cl)cc(/C=C/C(=O)N(C)C(C)c2nc3ccccc3s2)cc1OC. The van der Waals surface area contributed by atoms with Crippen LogP contribution in [0, 0.1) is 0 Å². The van der Waals surface area contributed by atoms with E-state index in [4.69, 9.17) is 21.1 Å². The summed E-state index contributed by atoms with van der Waals surface area (Å²) < 4.78 is 12.2. The summed E-state index contributed by atoms with van der Waals surface area (Å²) in [7, 11) is 3.34. The van der Waals surface area contributed by atoms with Gasteiger partial charge < -0.3 is 14.4 Å². The molecule has 0 aliphatic heterocycles. The molecule has 0 spiro atoms. The molecule has 0 bridgehead atoms. The van der Waals surface area contributed by atoms with Crippen molar-refractivity contribution in [3.05, 3.63) is 58.1 Å². The fourth-order valence-corrected chi connectivity index (χ4v) is 4.23. The zero-order valence-corrected chi connectivity index (χ0v) is 19.1. The van der Waals surface area contributed by atoms with Crippen LogP contribution in [0.25, 0.3) is 16.3 Å². The highest BCUT2D eigenvalue weighted by molar-refractivity contribution is 7.18. The highest BCUT2D eigenvalue weighted by Crippen LogP contribution is 2.37. The van der Waals surface area contributed by atoms with E-state index in [1.807, 2.05) is 38.1 Å². The van der Waals surface area contributed by atoms with Crippen molar-refractivity contribution >= 4 is 45.1 Å². The van der Waals surface area contributed by atoms with Crippen LogP contribution in [0.1, 0.15) is 36.9 Å². The minimum atomic E-state index is -0.137. The molecule has 1 heterocycles. The number of likely N-dealkylation sites (N-methyl/N-ethyl adjacent to an activating group) is 1. The van der Waals surface area contributed by atoms with Gasteiger partial charge >= 0.3 is 0 Å². The lowest BCUT2D eigenvalue weighted by Crippen LogP contribution is -2.27. The van der Waals surface area contributed by atoms with E-state index in [2.05, 4.69) is 4.98 Å². The first-order chi connectivity index (χ1) is 14.4. The van der Waals surface area contributed by atoms with Gasteiger partial charge in [0.25, 0.3) is 0 Å². The number of para-hydroxylation sites is 1. The Morgan fingerprint density at radius 1 is 1.33 bits per heavy atom. The van der Waals surface area contributed by atoms with Crippen molar-refractivity contribution in [1.29, 1.82) is 0 Å². The summed E-state index contributed by atoms with van der Waals surface area (Å²) in [6.07, 6.45) is 4.12. The average molecular weight is 445 g/mol. The second-order valence-electron chi connectivity index (χ2n) is 6.86. The van der Waals surface area contributed by atoms with Gasteiger partial charge in [-0.05, 0) is 49.2 Å². The number of carbonyl (C=O) groups is 1. The Kier molecular flexibility index (Phi) is 7.34. The van der Waals surface area contributed by atoms with Gasteiger partial charge in [0, 0.05) is 13.1 Å². The number of rotatable bonds is 8. The standard InChI is InChI=1S/C23H25ClN2O3S/c1-5-12-29-22-17(24)13-16(14-19(22)28-4)10-11-21(27)26(3)15(2)23-25-18-8-6-7-9-20(18)30-23/h6-11,13-15H,5,12H2,1-4H3/b11-10+. The number of benzene rings is 2. The van der Waals surface area contributed by atoms with Gasteiger partial charge in [-0.2, -0.15) is 0 Å². The lowest BCUT2D eigenvalue weighted by Gasteiger charge is -2.21. The summed E-state index contributed by atoms with van der Waals surface area (Å²) in [6, 6.07) is 11.4. The molecule has 0 radical (unpaired) electrons. The molecule has 7 heteroatoms. The number of hydrogen-bond acceptors (Lipinski definition) is 5. The largest absolute Gasteiger partial charge is 0.493 e. The van der Waals surface area contributed by atoms with Crippen LogP contribution in [-0.2, 0) is 4.79 Å². The molecule has 30 heavy (non-hydrogen) atoms. The Morgan fingerprint density at radius 3 is 2.80 bits per heavy atom. The minimum absolute atomic E-state index is 0.122. The maximum absolute atomic E-state index is 12.7. The van der Waals surface area contributed by atoms with Gasteiger partial charge in [-0.3, -0.25) is 4.79 Å². The normalized spacial score (nSPS) is 12.3. The molecule has 1 aromatic heterocycles. The zero-order chi connectivity index (χ0) is 21.7. The molecule has 0 N–H and O–H groups in total. The second kappa shape index (κ2) is 9.96. The van der Waals surface area contributed by atoms with E-state index < -0.39 is 0 Å². The number of ether oxygens (including phenoxy) is 2. The Morgan fingerprint density at radius 2 is 2.10 bits per heavy atom. The van der Waals surface area contributed by atoms with Gasteiger partial charge in [-0.1, -0.05) is 30.7 Å². The zero-order valence-electron chi connectivity index (χ0n) is 17.5. The molecule has 3 aromatic rings. The van der Waals surface area contributed by atoms with E-state index in [0.29, 0.717) is 23.1 Å². The lowest BCUT2D eigenvalue weighted by atomic mass is 10.1. The first-order valence-electron chi connectivity index (χ1n) is 9.75. The van der Waals surface area contributed by atoms with Crippen LogP contribution in [0.4, 0.5) is 0 Å². The number of aromatic nitrogens is 1. The molecular formula is C23H25ClN2O3S. The predicted octanol–water partition coefficient (Wildman–Crippen LogP) is 5.98. The third kappa shape index (κ3) is 4.94. The maximum Gasteiger partial charge on any atom is 0.246 e. The molecule has 5 nitrogen and oxygen atoms in total. The number of halogens is 1. The van der Waals surface area contributed by atoms with Gasteiger partial charge in [-0.15, -0.1) is 11.3 Å². The summed E-state index contributed by atoms with van der Waals surface area (Å²) in [4.78, 5) is 19.0. The molecule has 0 saturated carbocycles. The van der Waals surface area contributed by atoms with E-state index in [9.17, 15) is 4.79 Å². The number of hydrogen-bond donors (Lipinski definition) is 0. The second-order valence-corrected chi connectivity index (χ2v) is 8.33. The van der Waals surface area contributed by atoms with Crippen molar-refractivity contribution in [3.63, 3.8) is 0 Å². The molecule has 0 aliphatic carbocycles. The predicted molar refractivity (Wildman–Crippen MR) is 124 cm³/mol. The van der Waals surface area contributed by atoms with Crippen LogP contribution in [-0.4, -0.2) is 36.6 Å². The van der Waals surface area contributed by atoms with Crippen LogP contribution in [0.5, 0.6) is 11.5 Å². The summed E-state index contributed by atoms with van der Waals surface area (Å²) in [5.74, 6) is 0.938. The Labute approximate surface area is 185 Å². The molecule has 0 saturated heterocycles. The summed E-state index contributed by atoms with van der Waals surface area (Å²) >= 11 is 7.96. The van der Waals surface area contributed by atoms with Crippen LogP contribution >= 0.6 is 22.9 Å². The summed E-state index contributed by atoms with van der Waals surface area (Å²) in [6.45, 7) is 4.55. The van der Waals surface area contributed by atoms with E-state index in [1.54, 1.807) is 48.6 Å². The number of methoxy groups -OCH3 is 1. The number of fused-ring (bicyclic) bond motifs is 1. The Bertz CT molecular complexity index is 1030. The first-order valence-corrected chi connectivity index (χ1v) is 10.9. The smallest absolute Gasteiger partial charge is 0.246 e. The van der Waals surface area contributed by atoms with Crippen LogP contribution in [0.2, 0.25) is 5.02 Å². The number of thiazole rings is 1. The third-order valence-electron chi connectivity index (χ3n) is 4.72. The lowest BCUT2D eigenvalue weighted by molar-refractivity contribution is -0.126. The van der Waals surface area contributed by atoms with Crippen molar-refractivity contribution in [2.75, 3.05) is 20.8 Å². The quantitative estimate of drug-likeness (QED) is 0.401. The molecule has 1 unspecified atom stereocenters. The molecular weight excluding hydrogens is 420 g/mol. The number of nitrogens with zero attached hydrogens (tertiary/aromatic N) is 2. The van der Waals surface area contributed by atoms with E-state index >= 15 is 0 Å². The molecule has 0 fully saturated rings. The molecule has 2 aromatic carbocycles. The number of amides is 1. The minimum Gasteiger partial charge on any atom is -0.493 e. The van der Waals surface area contributed by atoms with Crippen LogP contribution < -0.4 is 9.47 Å². The summed E-state index contributed by atoms with van der Waals surface area (Å²) in [5.41, 5.74) is 1.71. The van der Waals surface area contributed by atoms with Gasteiger partial charge in [0.05, 0.1) is 35.0 Å².